The van der Waals surface area contributed by atoms with Crippen LogP contribution in [0.15, 0.2) is 86.6 Å². The van der Waals surface area contributed by atoms with Gasteiger partial charge in [0.15, 0.2) is 10.8 Å². The van der Waals surface area contributed by atoms with Crippen LogP contribution < -0.4 is 0 Å². The van der Waals surface area contributed by atoms with Crippen molar-refractivity contribution in [2.45, 2.75) is 0 Å². The quantitative estimate of drug-likeness (QED) is 0.307. The number of allylic oxidation sites excluding steroid dienone is 10. The van der Waals surface area contributed by atoms with Crippen LogP contribution in [0.5, 0.6) is 0 Å². The third-order valence-corrected chi connectivity index (χ3v) is 2.44. The lowest BCUT2D eigenvalue weighted by atomic mass is 10.0. The summed E-state index contributed by atoms with van der Waals surface area (Å²) in [5.41, 5.74) is 16.5. The zero-order valence-corrected chi connectivity index (χ0v) is 10.3. The first-order chi connectivity index (χ1) is 9.85. The van der Waals surface area contributed by atoms with Gasteiger partial charge in [-0.05, 0) is 23.9 Å². The van der Waals surface area contributed by atoms with E-state index in [1.807, 2.05) is 0 Å². The van der Waals surface area contributed by atoms with Gasteiger partial charge in [-0.25, -0.2) is 0 Å². The molecule has 0 heterocycles. The molecular weight excluding hydrogens is 252 g/mol. The first kappa shape index (κ1) is 13.1. The molecule has 0 saturated heterocycles. The monoisotopic (exact) mass is 260 g/mol. The average Bonchev–Trinajstić information content (AvgIpc) is 2.48. The lowest BCUT2D eigenvalue weighted by Gasteiger charge is -2.06. The molecule has 0 radical (unpaired) electrons. The van der Waals surface area contributed by atoms with Crippen molar-refractivity contribution >= 4 is 11.4 Å². The van der Waals surface area contributed by atoms with Crippen LogP contribution in [0.4, 0.5) is 0 Å². The molecule has 0 aliphatic heterocycles. The minimum Gasteiger partial charge on any atom is -0.362 e. The third-order valence-electron chi connectivity index (χ3n) is 2.44. The highest BCUT2D eigenvalue weighted by molar-refractivity contribution is 6.12. The molecule has 0 N–H and O–H groups in total. The summed E-state index contributed by atoms with van der Waals surface area (Å²) >= 11 is 0. The zero-order chi connectivity index (χ0) is 14.2. The Labute approximate surface area is 115 Å². The Bertz CT molecular complexity index is 752. The highest BCUT2D eigenvalue weighted by atomic mass is 15.3. The van der Waals surface area contributed by atoms with Gasteiger partial charge in [-0.1, -0.05) is 41.8 Å². The SMILES string of the molecule is N#[N+]N=C1C=CC=CC1=C=C=C1C=CC=CC1=NN=[N-]. The molecule has 0 bridgehead atoms. The van der Waals surface area contributed by atoms with E-state index in [1.165, 1.54) is 0 Å². The molecule has 20 heavy (non-hydrogen) atoms. The zero-order valence-electron chi connectivity index (χ0n) is 10.3. The van der Waals surface area contributed by atoms with Crippen molar-refractivity contribution in [1.29, 1.82) is 5.39 Å². The van der Waals surface area contributed by atoms with E-state index in [2.05, 4.69) is 32.0 Å². The van der Waals surface area contributed by atoms with Crippen LogP contribution in [0.3, 0.4) is 0 Å². The second kappa shape index (κ2) is 6.53. The van der Waals surface area contributed by atoms with E-state index < -0.39 is 0 Å². The van der Waals surface area contributed by atoms with Gasteiger partial charge < -0.3 is 10.6 Å². The van der Waals surface area contributed by atoms with Crippen molar-refractivity contribution in [3.05, 3.63) is 81.8 Å². The Morgan fingerprint density at radius 2 is 1.45 bits per heavy atom. The standard InChI is InChI=1S/C14H8N6/c15-19-17-13-7-3-1-5-11(13)9-10-12-6-2-4-8-14(12)18-20-16/h1-8H. The number of diazo groups is 1. The Kier molecular flexibility index (Phi) is 4.26. The minimum atomic E-state index is 0.462. The smallest absolute Gasteiger partial charge is 0.339 e. The first-order valence-corrected chi connectivity index (χ1v) is 5.65. The normalized spacial score (nSPS) is 19.9. The number of nitrogens with zero attached hydrogens (tertiary/aromatic N) is 6. The molecule has 2 aliphatic carbocycles. The molecule has 0 fully saturated rings. The van der Waals surface area contributed by atoms with E-state index in [0.717, 1.165) is 0 Å². The van der Waals surface area contributed by atoms with E-state index in [4.69, 9.17) is 10.9 Å². The summed E-state index contributed by atoms with van der Waals surface area (Å²) in [4.78, 5) is 0. The maximum absolute atomic E-state index is 8.50. The molecule has 0 aromatic carbocycles. The van der Waals surface area contributed by atoms with Crippen LogP contribution >= 0.6 is 0 Å². The van der Waals surface area contributed by atoms with Gasteiger partial charge in [-0.2, -0.15) is 0 Å². The Balaban J connectivity index is 2.54. The predicted octanol–water partition coefficient (Wildman–Crippen LogP) is 3.43. The van der Waals surface area contributed by atoms with Crippen molar-refractivity contribution in [3.63, 3.8) is 0 Å². The van der Waals surface area contributed by atoms with Crippen LogP contribution in [0.2, 0.25) is 0 Å². The molecule has 0 aromatic heterocycles. The van der Waals surface area contributed by atoms with Gasteiger partial charge in [-0.3, -0.25) is 5.22 Å². The third kappa shape index (κ3) is 3.09. The fraction of sp³-hybridized carbons (Fsp3) is 0. The van der Waals surface area contributed by atoms with Crippen LogP contribution in [-0.2, 0) is 0 Å². The van der Waals surface area contributed by atoms with Gasteiger partial charge in [-0.15, -0.1) is 0 Å². The topological polar surface area (TPSA) is 87.5 Å². The Morgan fingerprint density at radius 3 is 2.05 bits per heavy atom. The number of hydrogen-bond donors (Lipinski definition) is 0. The minimum absolute atomic E-state index is 0.462. The largest absolute Gasteiger partial charge is 0.362 e. The molecule has 0 amide bonds. The van der Waals surface area contributed by atoms with Crippen molar-refractivity contribution in [2.24, 2.45) is 15.4 Å². The van der Waals surface area contributed by atoms with Gasteiger partial charge in [0, 0.05) is 5.57 Å². The molecule has 0 aromatic rings. The average molecular weight is 260 g/mol. The van der Waals surface area contributed by atoms with E-state index in [1.54, 1.807) is 48.6 Å². The van der Waals surface area contributed by atoms with Gasteiger partial charge in [0.1, 0.15) is 0 Å². The maximum Gasteiger partial charge on any atom is 0.339 e. The van der Waals surface area contributed by atoms with Crippen molar-refractivity contribution in [2.75, 3.05) is 0 Å². The molecule has 6 heteroatoms. The second-order valence-electron chi connectivity index (χ2n) is 3.66. The van der Waals surface area contributed by atoms with Gasteiger partial charge in [0.25, 0.3) is 5.39 Å². The van der Waals surface area contributed by atoms with Crippen molar-refractivity contribution in [1.82, 2.24) is 0 Å². The maximum atomic E-state index is 8.50. The summed E-state index contributed by atoms with van der Waals surface area (Å²) in [5.74, 6) is 0. The fourth-order valence-electron chi connectivity index (χ4n) is 1.56. The summed E-state index contributed by atoms with van der Waals surface area (Å²) < 4.78 is 0. The fourth-order valence-corrected chi connectivity index (χ4v) is 1.56. The van der Waals surface area contributed by atoms with Crippen molar-refractivity contribution in [3.8, 4) is 0 Å². The van der Waals surface area contributed by atoms with E-state index in [-0.39, 0.29) is 0 Å². The second-order valence-corrected chi connectivity index (χ2v) is 3.66. The van der Waals surface area contributed by atoms with Crippen molar-refractivity contribution < 1.29 is 0 Å². The summed E-state index contributed by atoms with van der Waals surface area (Å²) in [6.45, 7) is 0. The molecule has 0 saturated carbocycles. The molecule has 6 nitrogen and oxygen atoms in total. The Morgan fingerprint density at radius 1 is 0.900 bits per heavy atom. The first-order valence-electron chi connectivity index (χ1n) is 5.65. The summed E-state index contributed by atoms with van der Waals surface area (Å²) in [6.07, 6.45) is 14.0. The highest BCUT2D eigenvalue weighted by Gasteiger charge is 2.08. The Hall–Kier alpha value is -3.38. The molecule has 2 rings (SSSR count). The van der Waals surface area contributed by atoms with E-state index >= 15 is 0 Å². The lowest BCUT2D eigenvalue weighted by molar-refractivity contribution is 1.22. The highest BCUT2D eigenvalue weighted by Crippen LogP contribution is 2.10. The van der Waals surface area contributed by atoms with E-state index in [9.17, 15) is 0 Å². The summed E-state index contributed by atoms with van der Waals surface area (Å²) in [7, 11) is 0. The molecule has 94 valence electrons. The predicted molar refractivity (Wildman–Crippen MR) is 76.4 cm³/mol. The van der Waals surface area contributed by atoms with Gasteiger partial charge in [0.05, 0.1) is 5.57 Å². The van der Waals surface area contributed by atoms with Crippen LogP contribution in [-0.4, -0.2) is 11.4 Å². The van der Waals surface area contributed by atoms with Gasteiger partial charge >= 0.3 is 5.08 Å². The lowest BCUT2D eigenvalue weighted by Crippen LogP contribution is -1.99. The molecule has 0 atom stereocenters. The number of rotatable bonds is 1. The van der Waals surface area contributed by atoms with E-state index in [0.29, 0.717) is 22.6 Å². The molecule has 2 aliphatic rings. The molecule has 0 unspecified atom stereocenters. The molecular formula is C14H8N6. The van der Waals surface area contributed by atoms with Crippen LogP contribution in [0.1, 0.15) is 0 Å². The number of hydrogen-bond acceptors (Lipinski definition) is 3. The summed E-state index contributed by atoms with van der Waals surface area (Å²) in [5, 5.41) is 21.2. The van der Waals surface area contributed by atoms with Gasteiger partial charge in [0.2, 0.25) is 0 Å². The summed E-state index contributed by atoms with van der Waals surface area (Å²) in [6, 6.07) is 0. The van der Waals surface area contributed by atoms with Crippen LogP contribution in [0.25, 0.3) is 10.6 Å². The molecule has 0 spiro atoms. The van der Waals surface area contributed by atoms with Crippen LogP contribution in [0, 0.1) is 5.39 Å².